The Hall–Kier alpha value is -2.42. The van der Waals surface area contributed by atoms with Crippen LogP contribution < -0.4 is 21.3 Å². The molecule has 0 unspecified atom stereocenters. The normalized spacial score (nSPS) is 14.5. The summed E-state index contributed by atoms with van der Waals surface area (Å²) in [7, 11) is 0. The van der Waals surface area contributed by atoms with Gasteiger partial charge in [-0.15, -0.1) is 0 Å². The van der Waals surface area contributed by atoms with Gasteiger partial charge in [-0.2, -0.15) is 4.98 Å². The zero-order chi connectivity index (χ0) is 22.2. The summed E-state index contributed by atoms with van der Waals surface area (Å²) in [5.41, 5.74) is 8.64. The van der Waals surface area contributed by atoms with E-state index in [-0.39, 0.29) is 6.04 Å². The molecule has 1 aromatic carbocycles. The maximum absolute atomic E-state index is 8.54. The van der Waals surface area contributed by atoms with E-state index >= 15 is 0 Å². The molecule has 2 aromatic rings. The highest BCUT2D eigenvalue weighted by molar-refractivity contribution is 6.30. The van der Waals surface area contributed by atoms with Crippen molar-refractivity contribution >= 4 is 40.5 Å². The predicted octanol–water partition coefficient (Wildman–Crippen LogP) is 4.03. The van der Waals surface area contributed by atoms with Crippen molar-refractivity contribution in [2.24, 2.45) is 5.73 Å². The predicted molar refractivity (Wildman–Crippen MR) is 128 cm³/mol. The van der Waals surface area contributed by atoms with Crippen LogP contribution in [0.5, 0.6) is 0 Å². The van der Waals surface area contributed by atoms with E-state index in [0.29, 0.717) is 60.1 Å². The van der Waals surface area contributed by atoms with Crippen molar-refractivity contribution in [3.63, 3.8) is 0 Å². The van der Waals surface area contributed by atoms with Crippen LogP contribution in [0.2, 0.25) is 5.02 Å². The van der Waals surface area contributed by atoms with E-state index in [4.69, 9.17) is 37.4 Å². The molecule has 3 rings (SSSR count). The molecule has 0 atom stereocenters. The summed E-state index contributed by atoms with van der Waals surface area (Å²) < 4.78 is 5.47. The van der Waals surface area contributed by atoms with Gasteiger partial charge >= 0.3 is 0 Å². The van der Waals surface area contributed by atoms with Gasteiger partial charge in [0, 0.05) is 43.0 Å². The summed E-state index contributed by atoms with van der Waals surface area (Å²) in [6, 6.07) is 7.71. The maximum Gasteiger partial charge on any atom is 0.228 e. The van der Waals surface area contributed by atoms with Crippen molar-refractivity contribution in [3.8, 4) is 0 Å². The van der Waals surface area contributed by atoms with Crippen LogP contribution in [-0.2, 0) is 4.74 Å². The van der Waals surface area contributed by atoms with E-state index in [9.17, 15) is 0 Å². The molecule has 0 aliphatic carbocycles. The van der Waals surface area contributed by atoms with Gasteiger partial charge in [0.25, 0.3) is 0 Å². The molecule has 168 valence electrons. The van der Waals surface area contributed by atoms with E-state index in [0.717, 1.165) is 31.6 Å². The van der Waals surface area contributed by atoms with Gasteiger partial charge in [0.15, 0.2) is 5.82 Å². The molecule has 1 aromatic heterocycles. The number of benzene rings is 1. The fraction of sp³-hybridized carbons (Fsp3) is 0.500. The third-order valence-corrected chi connectivity index (χ3v) is 5.43. The lowest BCUT2D eigenvalue weighted by Crippen LogP contribution is -2.40. The number of piperidine rings is 1. The van der Waals surface area contributed by atoms with Gasteiger partial charge in [-0.1, -0.05) is 24.6 Å². The van der Waals surface area contributed by atoms with Gasteiger partial charge in [0.1, 0.15) is 11.4 Å². The Morgan fingerprint density at radius 3 is 2.74 bits per heavy atom. The average Bonchev–Trinajstić information content (AvgIpc) is 2.77. The highest BCUT2D eigenvalue weighted by atomic mass is 35.5. The molecule has 1 aliphatic rings. The number of aromatic nitrogens is 2. The van der Waals surface area contributed by atoms with Crippen molar-refractivity contribution in [3.05, 3.63) is 35.0 Å². The van der Waals surface area contributed by atoms with E-state index in [1.54, 1.807) is 0 Å². The first-order valence-electron chi connectivity index (χ1n) is 10.9. The Labute approximate surface area is 189 Å². The molecule has 0 bridgehead atoms. The Kier molecular flexibility index (Phi) is 8.45. The minimum Gasteiger partial charge on any atom is -0.380 e. The molecule has 5 N–H and O–H groups in total. The van der Waals surface area contributed by atoms with Gasteiger partial charge in [-0.05, 0) is 44.4 Å². The number of nitrogens with one attached hydrogen (secondary N) is 3. The summed E-state index contributed by atoms with van der Waals surface area (Å²) in [6.45, 7) is 7.31. The molecule has 0 amide bonds. The standard InChI is InChI=1S/C22H32ClN7O/c1-3-18(25)19-20(26-10-13-31-4-2)21(27-17-7-5-6-15(23)14-17)29-22(28-19)30-11-8-16(24)9-12-30/h5-7,14,16,25-26H,3-4,8-13,24H2,1-2H3,(H,27,28,29). The quantitative estimate of drug-likeness (QED) is 0.322. The highest BCUT2D eigenvalue weighted by Gasteiger charge is 2.23. The first-order chi connectivity index (χ1) is 15.0. The number of anilines is 4. The Morgan fingerprint density at radius 2 is 2.06 bits per heavy atom. The lowest BCUT2D eigenvalue weighted by Gasteiger charge is -2.31. The van der Waals surface area contributed by atoms with Crippen LogP contribution in [0, 0.1) is 5.41 Å². The molecule has 0 spiro atoms. The Morgan fingerprint density at radius 1 is 1.29 bits per heavy atom. The highest BCUT2D eigenvalue weighted by Crippen LogP contribution is 2.31. The zero-order valence-corrected chi connectivity index (χ0v) is 19.0. The fourth-order valence-electron chi connectivity index (χ4n) is 3.43. The van der Waals surface area contributed by atoms with Crippen molar-refractivity contribution in [2.75, 3.05) is 48.4 Å². The molecule has 1 fully saturated rings. The minimum atomic E-state index is 0.216. The Bertz CT molecular complexity index is 884. The minimum absolute atomic E-state index is 0.216. The number of hydrogen-bond donors (Lipinski definition) is 4. The van der Waals surface area contributed by atoms with Gasteiger partial charge in [-0.3, -0.25) is 0 Å². The van der Waals surface area contributed by atoms with E-state index in [1.807, 2.05) is 38.1 Å². The van der Waals surface area contributed by atoms with Crippen LogP contribution in [0.4, 0.5) is 23.1 Å². The molecule has 0 saturated carbocycles. The molecule has 1 saturated heterocycles. The number of nitrogens with two attached hydrogens (primary N) is 1. The molecule has 1 aliphatic heterocycles. The van der Waals surface area contributed by atoms with E-state index in [1.165, 1.54) is 0 Å². The summed E-state index contributed by atoms with van der Waals surface area (Å²) in [5, 5.41) is 15.9. The number of ether oxygens (including phenoxy) is 1. The number of nitrogens with zero attached hydrogens (tertiary/aromatic N) is 3. The first kappa shape index (κ1) is 23.2. The smallest absolute Gasteiger partial charge is 0.228 e. The van der Waals surface area contributed by atoms with Crippen LogP contribution >= 0.6 is 11.6 Å². The Balaban J connectivity index is 2.00. The molecule has 31 heavy (non-hydrogen) atoms. The van der Waals surface area contributed by atoms with E-state index in [2.05, 4.69) is 15.5 Å². The van der Waals surface area contributed by atoms with Gasteiger partial charge in [0.2, 0.25) is 5.95 Å². The summed E-state index contributed by atoms with van der Waals surface area (Å²) >= 11 is 6.18. The fourth-order valence-corrected chi connectivity index (χ4v) is 3.62. The largest absolute Gasteiger partial charge is 0.380 e. The second-order valence-electron chi connectivity index (χ2n) is 7.51. The van der Waals surface area contributed by atoms with Crippen LogP contribution in [0.3, 0.4) is 0 Å². The monoisotopic (exact) mass is 445 g/mol. The molecule has 2 heterocycles. The number of hydrogen-bond acceptors (Lipinski definition) is 8. The van der Waals surface area contributed by atoms with Crippen molar-refractivity contribution in [2.45, 2.75) is 39.2 Å². The van der Waals surface area contributed by atoms with Crippen LogP contribution in [0.15, 0.2) is 24.3 Å². The number of halogens is 1. The molecular formula is C22H32ClN7O. The average molecular weight is 446 g/mol. The van der Waals surface area contributed by atoms with Crippen LogP contribution in [-0.4, -0.2) is 54.6 Å². The first-order valence-corrected chi connectivity index (χ1v) is 11.2. The second-order valence-corrected chi connectivity index (χ2v) is 7.95. The summed E-state index contributed by atoms with van der Waals surface area (Å²) in [4.78, 5) is 11.8. The third-order valence-electron chi connectivity index (χ3n) is 5.20. The van der Waals surface area contributed by atoms with Gasteiger partial charge < -0.3 is 31.4 Å². The molecule has 9 heteroatoms. The summed E-state index contributed by atoms with van der Waals surface area (Å²) in [5.74, 6) is 1.23. The van der Waals surface area contributed by atoms with Gasteiger partial charge in [0.05, 0.1) is 12.3 Å². The third kappa shape index (κ3) is 6.29. The van der Waals surface area contributed by atoms with Crippen molar-refractivity contribution < 1.29 is 4.74 Å². The van der Waals surface area contributed by atoms with E-state index < -0.39 is 0 Å². The lowest BCUT2D eigenvalue weighted by molar-refractivity contribution is 0.158. The summed E-state index contributed by atoms with van der Waals surface area (Å²) in [6.07, 6.45) is 2.36. The van der Waals surface area contributed by atoms with Gasteiger partial charge in [-0.25, -0.2) is 4.98 Å². The van der Waals surface area contributed by atoms with Crippen LogP contribution in [0.25, 0.3) is 0 Å². The maximum atomic E-state index is 8.54. The SMILES string of the molecule is CCOCCNc1c(Nc2cccc(Cl)c2)nc(N2CCC(N)CC2)nc1C(=N)CC. The second kappa shape index (κ2) is 11.3. The lowest BCUT2D eigenvalue weighted by atomic mass is 10.1. The number of rotatable bonds is 10. The van der Waals surface area contributed by atoms with Crippen molar-refractivity contribution in [1.29, 1.82) is 5.41 Å². The molecular weight excluding hydrogens is 414 g/mol. The van der Waals surface area contributed by atoms with Crippen molar-refractivity contribution in [1.82, 2.24) is 9.97 Å². The van der Waals surface area contributed by atoms with Crippen LogP contribution in [0.1, 0.15) is 38.8 Å². The topological polar surface area (TPSA) is 112 Å². The molecule has 0 radical (unpaired) electrons. The zero-order valence-electron chi connectivity index (χ0n) is 18.2. The molecule has 8 nitrogen and oxygen atoms in total.